The quantitative estimate of drug-likeness (QED) is 0.801. The number of aliphatic hydroxyl groups is 1. The van der Waals surface area contributed by atoms with E-state index < -0.39 is 0 Å². The van der Waals surface area contributed by atoms with E-state index in [2.05, 4.69) is 23.6 Å². The number of likely N-dealkylation sites (tertiary alicyclic amines) is 2. The number of hydrogen-bond acceptors (Lipinski definition) is 3. The number of piperidine rings is 1. The highest BCUT2D eigenvalue weighted by atomic mass is 16.3. The Hall–Kier alpha value is -0.120. The summed E-state index contributed by atoms with van der Waals surface area (Å²) in [6.45, 7) is 10.9. The normalized spacial score (nSPS) is 27.0. The molecule has 2 heterocycles. The molecule has 1 N–H and O–H groups in total. The molecule has 0 aliphatic carbocycles. The van der Waals surface area contributed by atoms with Gasteiger partial charge in [-0.15, -0.1) is 0 Å². The third kappa shape index (κ3) is 3.71. The van der Waals surface area contributed by atoms with Crippen molar-refractivity contribution in [2.45, 2.75) is 58.4 Å². The largest absolute Gasteiger partial charge is 0.396 e. The van der Waals surface area contributed by atoms with Crippen molar-refractivity contribution in [2.24, 2.45) is 5.41 Å². The maximum atomic E-state index is 9.71. The molecule has 0 saturated carbocycles. The van der Waals surface area contributed by atoms with Crippen molar-refractivity contribution in [3.8, 4) is 0 Å². The standard InChI is InChI=1S/C16H32N2O/c1-3-16(4-2,14-19)13-17-11-8-15(12-17)18-9-6-5-7-10-18/h15,19H,3-14H2,1-2H3. The molecule has 2 fully saturated rings. The van der Waals surface area contributed by atoms with Crippen LogP contribution in [0, 0.1) is 5.41 Å². The van der Waals surface area contributed by atoms with Gasteiger partial charge in [-0.05, 0) is 51.7 Å². The fourth-order valence-corrected chi connectivity index (χ4v) is 3.76. The molecule has 0 aromatic rings. The molecule has 2 rings (SSSR count). The fraction of sp³-hybridized carbons (Fsp3) is 1.00. The lowest BCUT2D eigenvalue weighted by molar-refractivity contribution is 0.0699. The predicted octanol–water partition coefficient (Wildman–Crippen LogP) is 2.35. The van der Waals surface area contributed by atoms with Gasteiger partial charge in [0.2, 0.25) is 0 Å². The highest BCUT2D eigenvalue weighted by molar-refractivity contribution is 4.88. The zero-order chi connectivity index (χ0) is 13.7. The minimum atomic E-state index is 0.136. The molecule has 3 nitrogen and oxygen atoms in total. The average Bonchev–Trinajstić information content (AvgIpc) is 2.94. The van der Waals surface area contributed by atoms with Crippen molar-refractivity contribution in [3.63, 3.8) is 0 Å². The molecule has 0 amide bonds. The van der Waals surface area contributed by atoms with Crippen LogP contribution in [0.25, 0.3) is 0 Å². The lowest BCUT2D eigenvalue weighted by Crippen LogP contribution is -2.43. The van der Waals surface area contributed by atoms with Crippen molar-refractivity contribution in [1.29, 1.82) is 0 Å². The van der Waals surface area contributed by atoms with Gasteiger partial charge in [-0.3, -0.25) is 4.90 Å². The van der Waals surface area contributed by atoms with Crippen molar-refractivity contribution in [1.82, 2.24) is 9.80 Å². The Morgan fingerprint density at radius 3 is 2.32 bits per heavy atom. The molecule has 0 aromatic carbocycles. The van der Waals surface area contributed by atoms with Gasteiger partial charge in [0, 0.05) is 31.2 Å². The van der Waals surface area contributed by atoms with Crippen LogP contribution in [0.3, 0.4) is 0 Å². The lowest BCUT2D eigenvalue weighted by atomic mass is 9.83. The van der Waals surface area contributed by atoms with Crippen LogP contribution < -0.4 is 0 Å². The van der Waals surface area contributed by atoms with Crippen LogP contribution in [0.4, 0.5) is 0 Å². The maximum Gasteiger partial charge on any atom is 0.0499 e. The summed E-state index contributed by atoms with van der Waals surface area (Å²) < 4.78 is 0. The van der Waals surface area contributed by atoms with E-state index in [1.165, 1.54) is 51.9 Å². The van der Waals surface area contributed by atoms with E-state index in [0.717, 1.165) is 25.4 Å². The van der Waals surface area contributed by atoms with Gasteiger partial charge in [0.05, 0.1) is 0 Å². The first-order valence-corrected chi connectivity index (χ1v) is 8.30. The van der Waals surface area contributed by atoms with E-state index >= 15 is 0 Å². The second kappa shape index (κ2) is 7.05. The number of rotatable bonds is 6. The van der Waals surface area contributed by atoms with Crippen LogP contribution in [0.15, 0.2) is 0 Å². The van der Waals surface area contributed by atoms with Crippen LogP contribution in [0.1, 0.15) is 52.4 Å². The number of aliphatic hydroxyl groups excluding tert-OH is 1. The zero-order valence-electron chi connectivity index (χ0n) is 12.9. The van der Waals surface area contributed by atoms with E-state index in [9.17, 15) is 5.11 Å². The first-order chi connectivity index (χ1) is 9.23. The molecule has 2 aliphatic rings. The summed E-state index contributed by atoms with van der Waals surface area (Å²) in [5, 5.41) is 9.71. The van der Waals surface area contributed by atoms with E-state index in [0.29, 0.717) is 6.61 Å². The van der Waals surface area contributed by atoms with Gasteiger partial charge in [0.1, 0.15) is 0 Å². The Labute approximate surface area is 119 Å². The second-order valence-corrected chi connectivity index (χ2v) is 6.64. The molecule has 2 saturated heterocycles. The van der Waals surface area contributed by atoms with Crippen LogP contribution in [-0.2, 0) is 0 Å². The molecule has 1 atom stereocenters. The second-order valence-electron chi connectivity index (χ2n) is 6.64. The summed E-state index contributed by atoms with van der Waals surface area (Å²) in [5.74, 6) is 0. The first-order valence-electron chi connectivity index (χ1n) is 8.30. The minimum absolute atomic E-state index is 0.136. The first kappa shape index (κ1) is 15.3. The summed E-state index contributed by atoms with van der Waals surface area (Å²) in [6.07, 6.45) is 7.71. The molecule has 0 spiro atoms. The lowest BCUT2D eigenvalue weighted by Gasteiger charge is -2.35. The van der Waals surface area contributed by atoms with Crippen molar-refractivity contribution in [2.75, 3.05) is 39.3 Å². The average molecular weight is 268 g/mol. The molecular weight excluding hydrogens is 236 g/mol. The molecule has 19 heavy (non-hydrogen) atoms. The van der Waals surface area contributed by atoms with E-state index in [-0.39, 0.29) is 5.41 Å². The van der Waals surface area contributed by atoms with E-state index in [1.807, 2.05) is 0 Å². The molecular formula is C16H32N2O. The minimum Gasteiger partial charge on any atom is -0.396 e. The van der Waals surface area contributed by atoms with Crippen molar-refractivity contribution >= 4 is 0 Å². The molecule has 2 aliphatic heterocycles. The third-order valence-electron chi connectivity index (χ3n) is 5.55. The topological polar surface area (TPSA) is 26.7 Å². The van der Waals surface area contributed by atoms with Gasteiger partial charge in [-0.25, -0.2) is 0 Å². The summed E-state index contributed by atoms with van der Waals surface area (Å²) >= 11 is 0. The summed E-state index contributed by atoms with van der Waals surface area (Å²) in [7, 11) is 0. The molecule has 1 unspecified atom stereocenters. The Balaban J connectivity index is 1.83. The zero-order valence-corrected chi connectivity index (χ0v) is 12.9. The van der Waals surface area contributed by atoms with E-state index in [1.54, 1.807) is 0 Å². The Morgan fingerprint density at radius 1 is 1.05 bits per heavy atom. The van der Waals surface area contributed by atoms with Gasteiger partial charge in [0.25, 0.3) is 0 Å². The molecule has 0 radical (unpaired) electrons. The third-order valence-corrected chi connectivity index (χ3v) is 5.55. The monoisotopic (exact) mass is 268 g/mol. The van der Waals surface area contributed by atoms with Gasteiger partial charge in [0.15, 0.2) is 0 Å². The van der Waals surface area contributed by atoms with Crippen LogP contribution >= 0.6 is 0 Å². The predicted molar refractivity (Wildman–Crippen MR) is 80.4 cm³/mol. The Kier molecular flexibility index (Phi) is 5.67. The summed E-state index contributed by atoms with van der Waals surface area (Å²) in [4.78, 5) is 5.31. The van der Waals surface area contributed by atoms with Crippen LogP contribution in [-0.4, -0.2) is 60.3 Å². The fourth-order valence-electron chi connectivity index (χ4n) is 3.76. The number of hydrogen-bond donors (Lipinski definition) is 1. The maximum absolute atomic E-state index is 9.71. The van der Waals surface area contributed by atoms with Gasteiger partial charge < -0.3 is 10.0 Å². The SMILES string of the molecule is CCC(CC)(CO)CN1CCC(N2CCCCC2)C1. The highest BCUT2D eigenvalue weighted by Gasteiger charge is 2.33. The van der Waals surface area contributed by atoms with E-state index in [4.69, 9.17) is 0 Å². The van der Waals surface area contributed by atoms with Crippen molar-refractivity contribution < 1.29 is 5.11 Å². The highest BCUT2D eigenvalue weighted by Crippen LogP contribution is 2.29. The van der Waals surface area contributed by atoms with Crippen LogP contribution in [0.5, 0.6) is 0 Å². The summed E-state index contributed by atoms with van der Waals surface area (Å²) in [5.41, 5.74) is 0.136. The van der Waals surface area contributed by atoms with Gasteiger partial charge >= 0.3 is 0 Å². The van der Waals surface area contributed by atoms with Gasteiger partial charge in [-0.1, -0.05) is 20.3 Å². The molecule has 3 heteroatoms. The van der Waals surface area contributed by atoms with Crippen molar-refractivity contribution in [3.05, 3.63) is 0 Å². The molecule has 0 bridgehead atoms. The van der Waals surface area contributed by atoms with Crippen LogP contribution in [0.2, 0.25) is 0 Å². The molecule has 112 valence electrons. The Bertz CT molecular complexity index is 251. The number of nitrogens with zero attached hydrogens (tertiary/aromatic N) is 2. The molecule has 0 aromatic heterocycles. The smallest absolute Gasteiger partial charge is 0.0499 e. The summed E-state index contributed by atoms with van der Waals surface area (Å²) in [6, 6.07) is 0.783. The van der Waals surface area contributed by atoms with Gasteiger partial charge in [-0.2, -0.15) is 0 Å². The Morgan fingerprint density at radius 2 is 1.74 bits per heavy atom.